The molecule has 2 rings (SSSR count). The predicted octanol–water partition coefficient (Wildman–Crippen LogP) is 0.493. The Labute approximate surface area is 114 Å². The number of nitrogens with zero attached hydrogens (tertiary/aromatic N) is 1. The van der Waals surface area contributed by atoms with Crippen molar-refractivity contribution in [3.8, 4) is 0 Å². The Balaban J connectivity index is 2.26. The third kappa shape index (κ3) is 2.42. The molecule has 1 heterocycles. The Morgan fingerprint density at radius 1 is 1.45 bits per heavy atom. The van der Waals surface area contributed by atoms with Crippen LogP contribution in [0.3, 0.4) is 0 Å². The van der Waals surface area contributed by atoms with Crippen LogP contribution in [0.25, 0.3) is 0 Å². The van der Waals surface area contributed by atoms with Crippen LogP contribution in [0, 0.1) is 5.92 Å². The highest BCUT2D eigenvalue weighted by atomic mass is 16.5. The van der Waals surface area contributed by atoms with Gasteiger partial charge in [-0.2, -0.15) is 0 Å². The van der Waals surface area contributed by atoms with Crippen molar-refractivity contribution in [2.24, 2.45) is 5.92 Å². The summed E-state index contributed by atoms with van der Waals surface area (Å²) in [5.41, 5.74) is 6.42. The van der Waals surface area contributed by atoms with E-state index >= 15 is 0 Å². The van der Waals surface area contributed by atoms with Crippen molar-refractivity contribution in [3.05, 3.63) is 23.8 Å². The summed E-state index contributed by atoms with van der Waals surface area (Å²) in [6.45, 7) is 0.183. The molecule has 1 aromatic rings. The van der Waals surface area contributed by atoms with Crippen molar-refractivity contribution in [3.63, 3.8) is 0 Å². The lowest BCUT2D eigenvalue weighted by molar-refractivity contribution is -0.145. The molecule has 1 atom stereocenters. The summed E-state index contributed by atoms with van der Waals surface area (Å²) in [5, 5.41) is 8.87. The van der Waals surface area contributed by atoms with Crippen molar-refractivity contribution >= 4 is 29.2 Å². The summed E-state index contributed by atoms with van der Waals surface area (Å²) in [7, 11) is 1.27. The van der Waals surface area contributed by atoms with Gasteiger partial charge < -0.3 is 20.5 Å². The summed E-state index contributed by atoms with van der Waals surface area (Å²) in [4.78, 5) is 35.6. The second-order valence-corrected chi connectivity index (χ2v) is 4.51. The van der Waals surface area contributed by atoms with E-state index in [2.05, 4.69) is 4.74 Å². The molecule has 1 aromatic carbocycles. The molecule has 1 aliphatic heterocycles. The molecule has 7 nitrogen and oxygen atoms in total. The van der Waals surface area contributed by atoms with Crippen molar-refractivity contribution in [1.29, 1.82) is 0 Å². The van der Waals surface area contributed by atoms with E-state index in [1.165, 1.54) is 30.2 Å². The van der Waals surface area contributed by atoms with E-state index in [0.29, 0.717) is 5.69 Å². The SMILES string of the molecule is COC(=O)C1CC(=O)N(c2ccc(C(=O)O)cc2N)C1. The maximum atomic E-state index is 11.9. The summed E-state index contributed by atoms with van der Waals surface area (Å²) in [5.74, 6) is -2.30. The molecule has 1 saturated heterocycles. The Morgan fingerprint density at radius 2 is 2.15 bits per heavy atom. The van der Waals surface area contributed by atoms with Crippen LogP contribution < -0.4 is 10.6 Å². The zero-order chi connectivity index (χ0) is 14.9. The highest BCUT2D eigenvalue weighted by Crippen LogP contribution is 2.30. The molecule has 0 radical (unpaired) electrons. The van der Waals surface area contributed by atoms with Gasteiger partial charge in [-0.1, -0.05) is 0 Å². The third-order valence-electron chi connectivity index (χ3n) is 3.22. The van der Waals surface area contributed by atoms with E-state index in [1.54, 1.807) is 0 Å². The Bertz CT molecular complexity index is 584. The number of ether oxygens (including phenoxy) is 1. The normalized spacial score (nSPS) is 18.1. The fourth-order valence-electron chi connectivity index (χ4n) is 2.20. The van der Waals surface area contributed by atoms with Gasteiger partial charge in [0.1, 0.15) is 0 Å². The van der Waals surface area contributed by atoms with Gasteiger partial charge in [-0.05, 0) is 18.2 Å². The number of carbonyl (C=O) groups is 3. The molecule has 0 aromatic heterocycles. The lowest BCUT2D eigenvalue weighted by Crippen LogP contribution is -2.27. The third-order valence-corrected chi connectivity index (χ3v) is 3.22. The van der Waals surface area contributed by atoms with E-state index in [1.807, 2.05) is 0 Å². The Kier molecular flexibility index (Phi) is 3.60. The quantitative estimate of drug-likeness (QED) is 0.615. The number of hydrogen-bond acceptors (Lipinski definition) is 5. The van der Waals surface area contributed by atoms with Gasteiger partial charge in [0.15, 0.2) is 0 Å². The van der Waals surface area contributed by atoms with Crippen LogP contribution in [0.2, 0.25) is 0 Å². The van der Waals surface area contributed by atoms with E-state index in [9.17, 15) is 14.4 Å². The number of esters is 1. The van der Waals surface area contributed by atoms with Crippen LogP contribution >= 0.6 is 0 Å². The number of rotatable bonds is 3. The van der Waals surface area contributed by atoms with Crippen molar-refractivity contribution in [2.45, 2.75) is 6.42 Å². The van der Waals surface area contributed by atoms with Crippen LogP contribution in [-0.2, 0) is 14.3 Å². The van der Waals surface area contributed by atoms with E-state index in [4.69, 9.17) is 10.8 Å². The topological polar surface area (TPSA) is 110 Å². The minimum Gasteiger partial charge on any atom is -0.478 e. The molecule has 106 valence electrons. The summed E-state index contributed by atoms with van der Waals surface area (Å²) >= 11 is 0. The summed E-state index contributed by atoms with van der Waals surface area (Å²) in [6, 6.07) is 4.12. The van der Waals surface area contributed by atoms with Crippen molar-refractivity contribution < 1.29 is 24.2 Å². The first-order chi connectivity index (χ1) is 9.43. The molecular weight excluding hydrogens is 264 g/mol. The first kappa shape index (κ1) is 13.9. The molecule has 1 fully saturated rings. The zero-order valence-corrected chi connectivity index (χ0v) is 10.8. The first-order valence-corrected chi connectivity index (χ1v) is 5.95. The van der Waals surface area contributed by atoms with Gasteiger partial charge in [0, 0.05) is 13.0 Å². The number of benzene rings is 1. The largest absolute Gasteiger partial charge is 0.478 e. The molecule has 0 bridgehead atoms. The minimum atomic E-state index is -1.09. The standard InChI is InChI=1S/C13H14N2O5/c1-20-13(19)8-5-11(16)15(6-8)10-3-2-7(12(17)18)4-9(10)14/h2-4,8H,5-6,14H2,1H3,(H,17,18). The molecule has 0 spiro atoms. The number of anilines is 2. The lowest BCUT2D eigenvalue weighted by Gasteiger charge is -2.18. The Morgan fingerprint density at radius 3 is 2.70 bits per heavy atom. The molecule has 1 unspecified atom stereocenters. The van der Waals surface area contributed by atoms with Crippen LogP contribution in [0.1, 0.15) is 16.8 Å². The average Bonchev–Trinajstić information content (AvgIpc) is 2.79. The maximum absolute atomic E-state index is 11.9. The first-order valence-electron chi connectivity index (χ1n) is 5.95. The van der Waals surface area contributed by atoms with Crippen molar-refractivity contribution in [2.75, 3.05) is 24.3 Å². The van der Waals surface area contributed by atoms with Gasteiger partial charge >= 0.3 is 11.9 Å². The number of methoxy groups -OCH3 is 1. The summed E-state index contributed by atoms with van der Waals surface area (Å²) < 4.78 is 4.62. The van der Waals surface area contributed by atoms with Crippen LogP contribution in [0.4, 0.5) is 11.4 Å². The fraction of sp³-hybridized carbons (Fsp3) is 0.308. The van der Waals surface area contributed by atoms with Crippen LogP contribution in [-0.4, -0.2) is 36.6 Å². The smallest absolute Gasteiger partial charge is 0.335 e. The van der Waals surface area contributed by atoms with E-state index in [0.717, 1.165) is 0 Å². The second kappa shape index (κ2) is 5.20. The van der Waals surface area contributed by atoms with Gasteiger partial charge in [-0.25, -0.2) is 4.79 Å². The number of hydrogen-bond donors (Lipinski definition) is 2. The highest BCUT2D eigenvalue weighted by molar-refractivity contribution is 6.02. The second-order valence-electron chi connectivity index (χ2n) is 4.51. The van der Waals surface area contributed by atoms with Gasteiger partial charge in [-0.15, -0.1) is 0 Å². The zero-order valence-electron chi connectivity index (χ0n) is 10.8. The van der Waals surface area contributed by atoms with Crippen LogP contribution in [0.5, 0.6) is 0 Å². The van der Waals surface area contributed by atoms with E-state index in [-0.39, 0.29) is 30.1 Å². The lowest BCUT2D eigenvalue weighted by atomic mass is 10.1. The summed E-state index contributed by atoms with van der Waals surface area (Å²) in [6.07, 6.45) is 0.0623. The molecule has 20 heavy (non-hydrogen) atoms. The molecular formula is C13H14N2O5. The maximum Gasteiger partial charge on any atom is 0.335 e. The van der Waals surface area contributed by atoms with Crippen LogP contribution in [0.15, 0.2) is 18.2 Å². The number of carboxylic acid groups (broad SMARTS) is 1. The predicted molar refractivity (Wildman–Crippen MR) is 70.3 cm³/mol. The number of amides is 1. The Hall–Kier alpha value is -2.57. The number of nitrogens with two attached hydrogens (primary N) is 1. The van der Waals surface area contributed by atoms with Gasteiger partial charge in [-0.3, -0.25) is 9.59 Å². The number of nitrogen functional groups attached to an aromatic ring is 1. The molecule has 0 saturated carbocycles. The van der Waals surface area contributed by atoms with Crippen molar-refractivity contribution in [1.82, 2.24) is 0 Å². The number of carboxylic acids is 1. The van der Waals surface area contributed by atoms with Gasteiger partial charge in [0.2, 0.25) is 5.91 Å². The highest BCUT2D eigenvalue weighted by Gasteiger charge is 2.36. The minimum absolute atomic E-state index is 0.0439. The molecule has 7 heteroatoms. The molecule has 0 aliphatic carbocycles. The average molecular weight is 278 g/mol. The van der Waals surface area contributed by atoms with Gasteiger partial charge in [0.05, 0.1) is 30.0 Å². The monoisotopic (exact) mass is 278 g/mol. The molecule has 1 aliphatic rings. The number of aromatic carboxylic acids is 1. The number of carbonyl (C=O) groups excluding carboxylic acids is 2. The van der Waals surface area contributed by atoms with E-state index < -0.39 is 17.9 Å². The molecule has 1 amide bonds. The fourth-order valence-corrected chi connectivity index (χ4v) is 2.20. The molecule has 3 N–H and O–H groups in total. The van der Waals surface area contributed by atoms with Gasteiger partial charge in [0.25, 0.3) is 0 Å².